The molecule has 4 rings (SSSR count). The third-order valence-electron chi connectivity index (χ3n) is 4.79. The highest BCUT2D eigenvalue weighted by atomic mass is 32.2. The molecule has 1 fully saturated rings. The van der Waals surface area contributed by atoms with E-state index < -0.39 is 17.5 Å². The summed E-state index contributed by atoms with van der Waals surface area (Å²) in [5.41, 5.74) is 4.21. The molecule has 1 saturated heterocycles. The molecule has 0 spiro atoms. The van der Waals surface area contributed by atoms with Gasteiger partial charge in [-0.1, -0.05) is 35.5 Å². The molecule has 3 aromatic rings. The first kappa shape index (κ1) is 21.5. The fraction of sp³-hybridized carbons (Fsp3) is 0.0870. The van der Waals surface area contributed by atoms with Crippen LogP contribution < -0.4 is 10.3 Å². The van der Waals surface area contributed by atoms with Crippen molar-refractivity contribution in [2.45, 2.75) is 6.92 Å². The molecule has 2 N–H and O–H groups in total. The van der Waals surface area contributed by atoms with Crippen LogP contribution in [0, 0.1) is 18.6 Å². The lowest BCUT2D eigenvalue weighted by molar-refractivity contribution is -0.115. The first-order valence-electron chi connectivity index (χ1n) is 9.52. The van der Waals surface area contributed by atoms with Gasteiger partial charge in [0.15, 0.2) is 5.17 Å². The van der Waals surface area contributed by atoms with Crippen LogP contribution in [-0.4, -0.2) is 27.8 Å². The predicted octanol–water partition coefficient (Wildman–Crippen LogP) is 4.43. The van der Waals surface area contributed by atoms with Gasteiger partial charge in [0.2, 0.25) is 5.91 Å². The highest BCUT2D eigenvalue weighted by molar-refractivity contribution is 8.15. The fourth-order valence-electron chi connectivity index (χ4n) is 3.16. The molecule has 0 unspecified atom stereocenters. The Hall–Kier alpha value is -3.72. The summed E-state index contributed by atoms with van der Waals surface area (Å²) >= 11 is 1.17. The van der Waals surface area contributed by atoms with Gasteiger partial charge in [-0.15, -0.1) is 5.10 Å². The number of nitrogens with one attached hydrogen (secondary N) is 1. The first-order valence-corrected chi connectivity index (χ1v) is 10.5. The molecule has 6 nitrogen and oxygen atoms in total. The molecule has 0 aliphatic carbocycles. The lowest BCUT2D eigenvalue weighted by atomic mass is 10.0. The molecule has 162 valence electrons. The van der Waals surface area contributed by atoms with Crippen LogP contribution in [0.15, 0.2) is 65.8 Å². The number of hydrogen-bond donors (Lipinski definition) is 2. The van der Waals surface area contributed by atoms with E-state index in [1.54, 1.807) is 12.1 Å². The largest absolute Gasteiger partial charge is 0.507 e. The van der Waals surface area contributed by atoms with E-state index in [9.17, 15) is 23.5 Å². The SMILES string of the molecule is Cc1ccc(N2C(=O)CS/C2=N\NC(=O)c2cc(-c3ccc(F)cc3F)ccc2O)cc1. The quantitative estimate of drug-likeness (QED) is 0.573. The lowest BCUT2D eigenvalue weighted by Crippen LogP contribution is -2.31. The fourth-order valence-corrected chi connectivity index (χ4v) is 3.99. The molecular weight excluding hydrogens is 436 g/mol. The number of phenolic OH excluding ortho intramolecular Hbond substituents is 1. The summed E-state index contributed by atoms with van der Waals surface area (Å²) in [6, 6.07) is 14.3. The zero-order valence-corrected chi connectivity index (χ0v) is 17.6. The number of thioether (sulfide) groups is 1. The summed E-state index contributed by atoms with van der Waals surface area (Å²) in [7, 11) is 0. The van der Waals surface area contributed by atoms with Crippen LogP contribution in [0.5, 0.6) is 5.75 Å². The number of halogens is 2. The minimum absolute atomic E-state index is 0.0780. The van der Waals surface area contributed by atoms with Crippen molar-refractivity contribution in [2.24, 2.45) is 5.10 Å². The van der Waals surface area contributed by atoms with Crippen molar-refractivity contribution in [1.82, 2.24) is 5.43 Å². The molecule has 0 bridgehead atoms. The predicted molar refractivity (Wildman–Crippen MR) is 119 cm³/mol. The topological polar surface area (TPSA) is 82.0 Å². The third kappa shape index (κ3) is 4.33. The maximum absolute atomic E-state index is 14.1. The van der Waals surface area contributed by atoms with Gasteiger partial charge in [-0.25, -0.2) is 14.2 Å². The number of carbonyl (C=O) groups excluding carboxylic acids is 2. The van der Waals surface area contributed by atoms with Crippen molar-refractivity contribution in [2.75, 3.05) is 10.7 Å². The number of nitrogens with zero attached hydrogens (tertiary/aromatic N) is 2. The van der Waals surface area contributed by atoms with Gasteiger partial charge in [0.1, 0.15) is 17.4 Å². The van der Waals surface area contributed by atoms with E-state index in [1.807, 2.05) is 19.1 Å². The highest BCUT2D eigenvalue weighted by Crippen LogP contribution is 2.29. The number of amides is 2. The first-order chi connectivity index (χ1) is 15.3. The lowest BCUT2D eigenvalue weighted by Gasteiger charge is -2.16. The van der Waals surface area contributed by atoms with E-state index >= 15 is 0 Å². The maximum Gasteiger partial charge on any atom is 0.275 e. The van der Waals surface area contributed by atoms with Crippen LogP contribution in [0.4, 0.5) is 14.5 Å². The molecule has 1 aliphatic rings. The van der Waals surface area contributed by atoms with Gasteiger partial charge in [-0.3, -0.25) is 14.5 Å². The van der Waals surface area contributed by atoms with E-state index in [2.05, 4.69) is 10.5 Å². The van der Waals surface area contributed by atoms with Crippen molar-refractivity contribution < 1.29 is 23.5 Å². The number of amidine groups is 1. The van der Waals surface area contributed by atoms with E-state index in [1.165, 1.54) is 40.9 Å². The Morgan fingerprint density at radius 3 is 2.56 bits per heavy atom. The van der Waals surface area contributed by atoms with Crippen LogP contribution in [0.25, 0.3) is 11.1 Å². The molecular formula is C23H17F2N3O3S. The minimum atomic E-state index is -0.795. The number of aryl methyl sites for hydroxylation is 1. The van der Waals surface area contributed by atoms with Crippen molar-refractivity contribution in [3.63, 3.8) is 0 Å². The van der Waals surface area contributed by atoms with Crippen LogP contribution in [-0.2, 0) is 4.79 Å². The number of anilines is 1. The normalized spacial score (nSPS) is 14.8. The Morgan fingerprint density at radius 2 is 1.84 bits per heavy atom. The molecule has 1 heterocycles. The Labute approximate surface area is 186 Å². The number of benzene rings is 3. The molecule has 0 aromatic heterocycles. The van der Waals surface area contributed by atoms with Crippen LogP contribution in [0.1, 0.15) is 15.9 Å². The summed E-state index contributed by atoms with van der Waals surface area (Å²) in [6.07, 6.45) is 0. The van der Waals surface area contributed by atoms with Crippen LogP contribution in [0.3, 0.4) is 0 Å². The van der Waals surface area contributed by atoms with E-state index in [4.69, 9.17) is 0 Å². The number of phenols is 1. The zero-order chi connectivity index (χ0) is 22.8. The van der Waals surface area contributed by atoms with Crippen molar-refractivity contribution in [1.29, 1.82) is 0 Å². The number of rotatable bonds is 4. The van der Waals surface area contributed by atoms with Crippen LogP contribution >= 0.6 is 11.8 Å². The van der Waals surface area contributed by atoms with E-state index in [0.717, 1.165) is 17.7 Å². The standard InChI is InChI=1S/C23H17F2N3O3S/c1-13-2-6-16(7-3-13)28-21(30)12-32-23(28)27-26-22(31)18-10-14(4-9-20(18)29)17-8-5-15(24)11-19(17)25/h2-11,29H,12H2,1H3,(H,26,31)/b27-23-. The Morgan fingerprint density at radius 1 is 1.09 bits per heavy atom. The van der Waals surface area contributed by atoms with Gasteiger partial charge in [0.05, 0.1) is 17.0 Å². The minimum Gasteiger partial charge on any atom is -0.507 e. The van der Waals surface area contributed by atoms with Crippen molar-refractivity contribution >= 4 is 34.4 Å². The Kier molecular flexibility index (Phi) is 5.91. The average molecular weight is 453 g/mol. The molecule has 3 aromatic carbocycles. The summed E-state index contributed by atoms with van der Waals surface area (Å²) in [5, 5.41) is 14.5. The summed E-state index contributed by atoms with van der Waals surface area (Å²) in [5.74, 6) is -2.60. The van der Waals surface area contributed by atoms with E-state index in [-0.39, 0.29) is 39.3 Å². The Bertz CT molecular complexity index is 1250. The number of carbonyl (C=O) groups is 2. The van der Waals surface area contributed by atoms with Gasteiger partial charge >= 0.3 is 0 Å². The van der Waals surface area contributed by atoms with Crippen LogP contribution in [0.2, 0.25) is 0 Å². The second kappa shape index (κ2) is 8.80. The van der Waals surface area contributed by atoms with Crippen molar-refractivity contribution in [3.8, 4) is 16.9 Å². The second-order valence-electron chi connectivity index (χ2n) is 7.04. The van der Waals surface area contributed by atoms with Gasteiger partial charge in [-0.05, 0) is 48.9 Å². The summed E-state index contributed by atoms with van der Waals surface area (Å²) in [4.78, 5) is 26.4. The molecule has 9 heteroatoms. The average Bonchev–Trinajstić information content (AvgIpc) is 3.13. The number of hydrogen-bond acceptors (Lipinski definition) is 5. The molecule has 0 radical (unpaired) electrons. The van der Waals surface area contributed by atoms with Gasteiger partial charge in [0.25, 0.3) is 5.91 Å². The second-order valence-corrected chi connectivity index (χ2v) is 7.99. The van der Waals surface area contributed by atoms with Gasteiger partial charge in [-0.2, -0.15) is 0 Å². The molecule has 0 atom stereocenters. The Balaban J connectivity index is 1.59. The third-order valence-corrected chi connectivity index (χ3v) is 5.72. The maximum atomic E-state index is 14.1. The summed E-state index contributed by atoms with van der Waals surface area (Å²) < 4.78 is 27.3. The number of hydrazone groups is 1. The molecule has 2 amide bonds. The smallest absolute Gasteiger partial charge is 0.275 e. The van der Waals surface area contributed by atoms with Crippen molar-refractivity contribution in [3.05, 3.63) is 83.4 Å². The van der Waals surface area contributed by atoms with Gasteiger partial charge < -0.3 is 5.11 Å². The molecule has 32 heavy (non-hydrogen) atoms. The zero-order valence-electron chi connectivity index (χ0n) is 16.8. The highest BCUT2D eigenvalue weighted by Gasteiger charge is 2.30. The van der Waals surface area contributed by atoms with Gasteiger partial charge in [0, 0.05) is 11.6 Å². The molecule has 1 aliphatic heterocycles. The van der Waals surface area contributed by atoms with E-state index in [0.29, 0.717) is 5.69 Å². The molecule has 0 saturated carbocycles. The monoisotopic (exact) mass is 453 g/mol. The summed E-state index contributed by atoms with van der Waals surface area (Å²) in [6.45, 7) is 1.93. The number of aromatic hydroxyl groups is 1.